The zero-order valence-corrected chi connectivity index (χ0v) is 12.2. The van der Waals surface area contributed by atoms with Gasteiger partial charge in [-0.2, -0.15) is 0 Å². The first kappa shape index (κ1) is 14.4. The van der Waals surface area contributed by atoms with Gasteiger partial charge in [0.2, 0.25) is 0 Å². The van der Waals surface area contributed by atoms with Crippen molar-refractivity contribution in [2.24, 2.45) is 4.99 Å². The van der Waals surface area contributed by atoms with Crippen LogP contribution in [0.3, 0.4) is 0 Å². The number of aryl methyl sites for hydroxylation is 1. The van der Waals surface area contributed by atoms with Gasteiger partial charge in [-0.05, 0) is 55.3 Å². The van der Waals surface area contributed by atoms with Crippen molar-refractivity contribution in [1.82, 2.24) is 0 Å². The normalized spacial score (nSPS) is 10.9. The first-order chi connectivity index (χ1) is 9.60. The van der Waals surface area contributed by atoms with Gasteiger partial charge in [-0.15, -0.1) is 0 Å². The van der Waals surface area contributed by atoms with Gasteiger partial charge in [-0.3, -0.25) is 4.99 Å². The number of phenols is 1. The molecule has 2 aromatic carbocycles. The van der Waals surface area contributed by atoms with Gasteiger partial charge in [0.25, 0.3) is 0 Å². The molecule has 0 aliphatic carbocycles. The third kappa shape index (κ3) is 3.52. The molecule has 0 saturated heterocycles. The smallest absolute Gasteiger partial charge is 0.161 e. The molecule has 0 heterocycles. The van der Waals surface area contributed by atoms with Crippen molar-refractivity contribution >= 4 is 23.5 Å². The molecule has 0 saturated carbocycles. The number of rotatable bonds is 4. The monoisotopic (exact) mass is 289 g/mol. The Bertz CT molecular complexity index is 638. The summed E-state index contributed by atoms with van der Waals surface area (Å²) in [6.07, 6.45) is 1.71. The molecule has 0 amide bonds. The van der Waals surface area contributed by atoms with Gasteiger partial charge in [0.1, 0.15) is 0 Å². The summed E-state index contributed by atoms with van der Waals surface area (Å²) < 4.78 is 5.33. The summed E-state index contributed by atoms with van der Waals surface area (Å²) in [5.74, 6) is 0.584. The van der Waals surface area contributed by atoms with E-state index in [1.165, 1.54) is 0 Å². The number of hydrogen-bond acceptors (Lipinski definition) is 3. The fraction of sp³-hybridized carbons (Fsp3) is 0.188. The van der Waals surface area contributed by atoms with Crippen LogP contribution in [0.2, 0.25) is 5.02 Å². The zero-order chi connectivity index (χ0) is 14.5. The Balaban J connectivity index is 2.22. The van der Waals surface area contributed by atoms with Crippen LogP contribution in [0.15, 0.2) is 41.4 Å². The van der Waals surface area contributed by atoms with Crippen molar-refractivity contribution in [1.29, 1.82) is 0 Å². The van der Waals surface area contributed by atoms with E-state index in [-0.39, 0.29) is 5.75 Å². The van der Waals surface area contributed by atoms with Crippen LogP contribution in [0.1, 0.15) is 18.1 Å². The molecule has 0 radical (unpaired) electrons. The number of benzene rings is 2. The number of aromatic hydroxyl groups is 1. The fourth-order valence-corrected chi connectivity index (χ4v) is 1.87. The van der Waals surface area contributed by atoms with Gasteiger partial charge in [-0.1, -0.05) is 17.7 Å². The summed E-state index contributed by atoms with van der Waals surface area (Å²) in [4.78, 5) is 4.36. The third-order valence-electron chi connectivity index (χ3n) is 2.80. The summed E-state index contributed by atoms with van der Waals surface area (Å²) in [6.45, 7) is 4.32. The van der Waals surface area contributed by atoms with E-state index in [4.69, 9.17) is 16.3 Å². The largest absolute Gasteiger partial charge is 0.504 e. The molecule has 2 aromatic rings. The molecule has 4 heteroatoms. The zero-order valence-electron chi connectivity index (χ0n) is 11.4. The lowest BCUT2D eigenvalue weighted by molar-refractivity contribution is 0.318. The fourth-order valence-electron chi connectivity index (χ4n) is 1.69. The molecule has 2 rings (SSSR count). The van der Waals surface area contributed by atoms with Crippen LogP contribution in [-0.4, -0.2) is 17.9 Å². The number of aliphatic imine (C=N–C) groups is 1. The highest BCUT2D eigenvalue weighted by Crippen LogP contribution is 2.27. The summed E-state index contributed by atoms with van der Waals surface area (Å²) >= 11 is 6.06. The van der Waals surface area contributed by atoms with Gasteiger partial charge in [0.15, 0.2) is 11.5 Å². The quantitative estimate of drug-likeness (QED) is 0.842. The van der Waals surface area contributed by atoms with Crippen LogP contribution in [0.25, 0.3) is 0 Å². The maximum absolute atomic E-state index is 9.63. The standard InChI is InChI=1S/C16H16ClNO2/c1-3-20-16-8-12(5-7-15(16)19)10-18-13-6-4-11(2)14(17)9-13/h4-10,19H,3H2,1-2H3. The van der Waals surface area contributed by atoms with Gasteiger partial charge in [0.05, 0.1) is 12.3 Å². The minimum Gasteiger partial charge on any atom is -0.504 e. The first-order valence-corrected chi connectivity index (χ1v) is 6.74. The third-order valence-corrected chi connectivity index (χ3v) is 3.21. The second-order valence-electron chi connectivity index (χ2n) is 4.35. The molecule has 0 aromatic heterocycles. The molecule has 0 bridgehead atoms. The van der Waals surface area contributed by atoms with E-state index in [1.807, 2.05) is 32.0 Å². The molecule has 0 aliphatic heterocycles. The van der Waals surface area contributed by atoms with Gasteiger partial charge < -0.3 is 9.84 Å². The molecule has 1 N–H and O–H groups in total. The highest BCUT2D eigenvalue weighted by molar-refractivity contribution is 6.31. The van der Waals surface area contributed by atoms with Crippen LogP contribution in [0.5, 0.6) is 11.5 Å². The molecule has 20 heavy (non-hydrogen) atoms. The van der Waals surface area contributed by atoms with Crippen molar-refractivity contribution in [3.05, 3.63) is 52.5 Å². The molecular formula is C16H16ClNO2. The molecule has 0 fully saturated rings. The predicted octanol–water partition coefficient (Wildman–Crippen LogP) is 4.50. The lowest BCUT2D eigenvalue weighted by Crippen LogP contribution is -1.93. The summed E-state index contributed by atoms with van der Waals surface area (Å²) in [7, 11) is 0. The highest BCUT2D eigenvalue weighted by Gasteiger charge is 2.02. The van der Waals surface area contributed by atoms with Crippen LogP contribution < -0.4 is 4.74 Å². The Kier molecular flexibility index (Phi) is 4.64. The summed E-state index contributed by atoms with van der Waals surface area (Å²) in [5, 5.41) is 10.3. The molecule has 0 atom stereocenters. The average molecular weight is 290 g/mol. The molecule has 3 nitrogen and oxygen atoms in total. The molecular weight excluding hydrogens is 274 g/mol. The van der Waals surface area contributed by atoms with Gasteiger partial charge in [0, 0.05) is 11.2 Å². The minimum absolute atomic E-state index is 0.127. The van der Waals surface area contributed by atoms with Crippen molar-refractivity contribution < 1.29 is 9.84 Å². The van der Waals surface area contributed by atoms with Crippen molar-refractivity contribution in [2.75, 3.05) is 6.61 Å². The van der Waals surface area contributed by atoms with Crippen LogP contribution in [0.4, 0.5) is 5.69 Å². The van der Waals surface area contributed by atoms with E-state index in [2.05, 4.69) is 4.99 Å². The van der Waals surface area contributed by atoms with Crippen molar-refractivity contribution in [3.8, 4) is 11.5 Å². The topological polar surface area (TPSA) is 41.8 Å². The Morgan fingerprint density at radius 3 is 2.75 bits per heavy atom. The predicted molar refractivity (Wildman–Crippen MR) is 82.7 cm³/mol. The second kappa shape index (κ2) is 6.44. The van der Waals surface area contributed by atoms with Crippen LogP contribution >= 0.6 is 11.6 Å². The van der Waals surface area contributed by atoms with Crippen LogP contribution in [-0.2, 0) is 0 Å². The Hall–Kier alpha value is -2.00. The van der Waals surface area contributed by atoms with E-state index < -0.39 is 0 Å². The summed E-state index contributed by atoms with van der Waals surface area (Å²) in [5.41, 5.74) is 2.66. The lowest BCUT2D eigenvalue weighted by atomic mass is 10.2. The van der Waals surface area contributed by atoms with E-state index in [1.54, 1.807) is 24.4 Å². The lowest BCUT2D eigenvalue weighted by Gasteiger charge is -2.06. The number of hydrogen-bond donors (Lipinski definition) is 1. The molecule has 0 aliphatic rings. The summed E-state index contributed by atoms with van der Waals surface area (Å²) in [6, 6.07) is 10.8. The van der Waals surface area contributed by atoms with Crippen molar-refractivity contribution in [3.63, 3.8) is 0 Å². The first-order valence-electron chi connectivity index (χ1n) is 6.36. The molecule has 0 unspecified atom stereocenters. The van der Waals surface area contributed by atoms with E-state index in [9.17, 15) is 5.11 Å². The Labute approximate surface area is 123 Å². The van der Waals surface area contributed by atoms with Gasteiger partial charge >= 0.3 is 0 Å². The number of ether oxygens (including phenoxy) is 1. The number of halogens is 1. The van der Waals surface area contributed by atoms with Crippen molar-refractivity contribution in [2.45, 2.75) is 13.8 Å². The van der Waals surface area contributed by atoms with Gasteiger partial charge in [-0.25, -0.2) is 0 Å². The SMILES string of the molecule is CCOc1cc(C=Nc2ccc(C)c(Cl)c2)ccc1O. The second-order valence-corrected chi connectivity index (χ2v) is 4.76. The van der Waals surface area contributed by atoms with E-state index in [0.717, 1.165) is 16.8 Å². The molecule has 0 spiro atoms. The van der Waals surface area contributed by atoms with E-state index in [0.29, 0.717) is 17.4 Å². The van der Waals surface area contributed by atoms with Crippen LogP contribution in [0, 0.1) is 6.92 Å². The Morgan fingerprint density at radius 1 is 1.25 bits per heavy atom. The Morgan fingerprint density at radius 2 is 2.05 bits per heavy atom. The number of nitrogens with zero attached hydrogens (tertiary/aromatic N) is 1. The molecule has 104 valence electrons. The average Bonchev–Trinajstić information content (AvgIpc) is 2.43. The maximum atomic E-state index is 9.63. The maximum Gasteiger partial charge on any atom is 0.161 e. The number of phenolic OH excluding ortho intramolecular Hbond substituents is 1. The highest BCUT2D eigenvalue weighted by atomic mass is 35.5. The van der Waals surface area contributed by atoms with E-state index >= 15 is 0 Å². The minimum atomic E-state index is 0.127.